The van der Waals surface area contributed by atoms with Gasteiger partial charge in [-0.05, 0) is 24.7 Å². The predicted molar refractivity (Wildman–Crippen MR) is 77.8 cm³/mol. The molecule has 0 spiro atoms. The Labute approximate surface area is 127 Å². The van der Waals surface area contributed by atoms with Crippen LogP contribution >= 0.6 is 0 Å². The number of hydrogen-bond acceptors (Lipinski definition) is 3. The SMILES string of the molecule is CNC(C(=O)N(C)Cc1ccc(F)c(F)c1)c1cnn(C)c1. The summed E-state index contributed by atoms with van der Waals surface area (Å²) in [6, 6.07) is 3.07. The number of halogens is 2. The Bertz CT molecular complexity index is 671. The summed E-state index contributed by atoms with van der Waals surface area (Å²) < 4.78 is 27.8. The van der Waals surface area contributed by atoms with Gasteiger partial charge in [0.05, 0.1) is 6.20 Å². The molecule has 0 fully saturated rings. The molecule has 1 aromatic heterocycles. The summed E-state index contributed by atoms with van der Waals surface area (Å²) in [7, 11) is 5.07. The molecule has 0 aliphatic heterocycles. The minimum atomic E-state index is -0.921. The highest BCUT2D eigenvalue weighted by atomic mass is 19.2. The van der Waals surface area contributed by atoms with Crippen molar-refractivity contribution in [1.29, 1.82) is 0 Å². The second kappa shape index (κ2) is 6.65. The van der Waals surface area contributed by atoms with Crippen molar-refractivity contribution < 1.29 is 13.6 Å². The Balaban J connectivity index is 2.11. The lowest BCUT2D eigenvalue weighted by Gasteiger charge is -2.23. The van der Waals surface area contributed by atoms with E-state index in [2.05, 4.69) is 10.4 Å². The van der Waals surface area contributed by atoms with Gasteiger partial charge in [0.25, 0.3) is 0 Å². The zero-order valence-electron chi connectivity index (χ0n) is 12.7. The van der Waals surface area contributed by atoms with Gasteiger partial charge in [-0.2, -0.15) is 5.10 Å². The van der Waals surface area contributed by atoms with Gasteiger partial charge in [-0.15, -0.1) is 0 Å². The molecule has 0 bridgehead atoms. The number of amides is 1. The van der Waals surface area contributed by atoms with Crippen molar-refractivity contribution in [2.24, 2.45) is 7.05 Å². The Morgan fingerprint density at radius 1 is 1.41 bits per heavy atom. The lowest BCUT2D eigenvalue weighted by atomic mass is 10.1. The van der Waals surface area contributed by atoms with Gasteiger partial charge in [0.15, 0.2) is 11.6 Å². The van der Waals surface area contributed by atoms with Gasteiger partial charge in [-0.1, -0.05) is 6.07 Å². The maximum Gasteiger partial charge on any atom is 0.244 e. The van der Waals surface area contributed by atoms with Crippen molar-refractivity contribution in [2.75, 3.05) is 14.1 Å². The van der Waals surface area contributed by atoms with Crippen LogP contribution in [0.5, 0.6) is 0 Å². The summed E-state index contributed by atoms with van der Waals surface area (Å²) in [6.07, 6.45) is 3.37. The molecule has 0 saturated carbocycles. The van der Waals surface area contributed by atoms with Gasteiger partial charge in [-0.3, -0.25) is 9.48 Å². The van der Waals surface area contributed by atoms with Gasteiger partial charge in [0.1, 0.15) is 6.04 Å². The van der Waals surface area contributed by atoms with Gasteiger partial charge in [0, 0.05) is 32.4 Å². The van der Waals surface area contributed by atoms with E-state index in [1.807, 2.05) is 0 Å². The first-order chi connectivity index (χ1) is 10.4. The fraction of sp³-hybridized carbons (Fsp3) is 0.333. The fourth-order valence-electron chi connectivity index (χ4n) is 2.23. The Morgan fingerprint density at radius 3 is 2.68 bits per heavy atom. The molecule has 118 valence electrons. The molecule has 0 aliphatic rings. The Kier molecular flexibility index (Phi) is 4.87. The molecule has 5 nitrogen and oxygen atoms in total. The van der Waals surface area contributed by atoms with Crippen molar-refractivity contribution in [2.45, 2.75) is 12.6 Å². The molecule has 1 heterocycles. The molecule has 2 aromatic rings. The topological polar surface area (TPSA) is 50.2 Å². The van der Waals surface area contributed by atoms with Crippen molar-refractivity contribution in [3.63, 3.8) is 0 Å². The van der Waals surface area contributed by atoms with Gasteiger partial charge in [-0.25, -0.2) is 8.78 Å². The Morgan fingerprint density at radius 2 is 2.14 bits per heavy atom. The van der Waals surface area contributed by atoms with Crippen LogP contribution in [0.25, 0.3) is 0 Å². The van der Waals surface area contributed by atoms with Crippen LogP contribution in [-0.4, -0.2) is 34.7 Å². The molecule has 1 amide bonds. The monoisotopic (exact) mass is 308 g/mol. The van der Waals surface area contributed by atoms with Crippen LogP contribution in [0.3, 0.4) is 0 Å². The first kappa shape index (κ1) is 16.1. The highest BCUT2D eigenvalue weighted by Crippen LogP contribution is 2.16. The van der Waals surface area contributed by atoms with Crippen LogP contribution in [0.1, 0.15) is 17.2 Å². The molecule has 22 heavy (non-hydrogen) atoms. The molecule has 0 radical (unpaired) electrons. The molecule has 2 rings (SSSR count). The third-order valence-corrected chi connectivity index (χ3v) is 3.37. The number of carbonyl (C=O) groups is 1. The zero-order valence-corrected chi connectivity index (χ0v) is 12.7. The Hall–Kier alpha value is -2.28. The summed E-state index contributed by atoms with van der Waals surface area (Å²) >= 11 is 0. The average Bonchev–Trinajstić information content (AvgIpc) is 2.90. The van der Waals surface area contributed by atoms with Crippen molar-refractivity contribution in [3.05, 3.63) is 53.4 Å². The molecule has 7 heteroatoms. The van der Waals surface area contributed by atoms with E-state index in [0.717, 1.165) is 17.7 Å². The maximum absolute atomic E-state index is 13.2. The second-order valence-electron chi connectivity index (χ2n) is 5.11. The number of hydrogen-bond donors (Lipinski definition) is 1. The fourth-order valence-corrected chi connectivity index (χ4v) is 2.23. The minimum Gasteiger partial charge on any atom is -0.340 e. The summed E-state index contributed by atoms with van der Waals surface area (Å²) in [5.74, 6) is -2.00. The standard InChI is InChI=1S/C15H18F2N4O/c1-18-14(11-7-19-21(3)9-11)15(22)20(2)8-10-4-5-12(16)13(17)6-10/h4-7,9,14,18H,8H2,1-3H3. The van der Waals surface area contributed by atoms with Gasteiger partial charge >= 0.3 is 0 Å². The van der Waals surface area contributed by atoms with E-state index in [4.69, 9.17) is 0 Å². The summed E-state index contributed by atoms with van der Waals surface area (Å²) in [4.78, 5) is 14.0. The van der Waals surface area contributed by atoms with Gasteiger partial charge in [0.2, 0.25) is 5.91 Å². The normalized spacial score (nSPS) is 12.2. The van der Waals surface area contributed by atoms with E-state index >= 15 is 0 Å². The highest BCUT2D eigenvalue weighted by molar-refractivity contribution is 5.82. The highest BCUT2D eigenvalue weighted by Gasteiger charge is 2.23. The van der Waals surface area contributed by atoms with Crippen molar-refractivity contribution in [3.8, 4) is 0 Å². The predicted octanol–water partition coefficient (Wildman–Crippen LogP) is 1.62. The molecule has 1 atom stereocenters. The number of benzene rings is 1. The van der Waals surface area contributed by atoms with Crippen LogP contribution in [-0.2, 0) is 18.4 Å². The second-order valence-corrected chi connectivity index (χ2v) is 5.11. The molecule has 1 aromatic carbocycles. The molecule has 0 saturated heterocycles. The molecule has 0 aliphatic carbocycles. The largest absolute Gasteiger partial charge is 0.340 e. The van der Waals surface area contributed by atoms with E-state index < -0.39 is 17.7 Å². The summed E-state index contributed by atoms with van der Waals surface area (Å²) in [5, 5.41) is 6.99. The lowest BCUT2D eigenvalue weighted by Crippen LogP contribution is -2.37. The van der Waals surface area contributed by atoms with Gasteiger partial charge < -0.3 is 10.2 Å². The van der Waals surface area contributed by atoms with Crippen LogP contribution in [0.15, 0.2) is 30.6 Å². The van der Waals surface area contributed by atoms with Crippen LogP contribution < -0.4 is 5.32 Å². The number of nitrogens with zero attached hydrogens (tertiary/aromatic N) is 3. The lowest BCUT2D eigenvalue weighted by molar-refractivity contribution is -0.132. The third-order valence-electron chi connectivity index (χ3n) is 3.37. The number of likely N-dealkylation sites (N-methyl/N-ethyl adjacent to an activating group) is 2. The number of rotatable bonds is 5. The number of aryl methyl sites for hydroxylation is 1. The summed E-state index contributed by atoms with van der Waals surface area (Å²) in [5.41, 5.74) is 1.27. The van der Waals surface area contributed by atoms with E-state index in [0.29, 0.717) is 5.56 Å². The number of carbonyl (C=O) groups excluding carboxylic acids is 1. The number of aromatic nitrogens is 2. The van der Waals surface area contributed by atoms with Crippen LogP contribution in [0.4, 0.5) is 8.78 Å². The smallest absolute Gasteiger partial charge is 0.244 e. The van der Waals surface area contributed by atoms with Crippen LogP contribution in [0, 0.1) is 11.6 Å². The first-order valence-electron chi connectivity index (χ1n) is 6.77. The van der Waals surface area contributed by atoms with E-state index in [-0.39, 0.29) is 12.5 Å². The average molecular weight is 308 g/mol. The van der Waals surface area contributed by atoms with E-state index in [9.17, 15) is 13.6 Å². The maximum atomic E-state index is 13.2. The summed E-state index contributed by atoms with van der Waals surface area (Å²) in [6.45, 7) is 0.189. The molecular weight excluding hydrogens is 290 g/mol. The van der Waals surface area contributed by atoms with Crippen molar-refractivity contribution >= 4 is 5.91 Å². The quantitative estimate of drug-likeness (QED) is 0.913. The first-order valence-corrected chi connectivity index (χ1v) is 6.77. The zero-order chi connectivity index (χ0) is 16.3. The van der Waals surface area contributed by atoms with E-state index in [1.165, 1.54) is 11.0 Å². The molecule has 1 unspecified atom stereocenters. The third kappa shape index (κ3) is 3.48. The molecule has 1 N–H and O–H groups in total. The molecular formula is C15H18F2N4O. The van der Waals surface area contributed by atoms with Crippen molar-refractivity contribution in [1.82, 2.24) is 20.0 Å². The minimum absolute atomic E-state index is 0.180. The van der Waals surface area contributed by atoms with E-state index in [1.54, 1.807) is 38.2 Å². The number of nitrogens with one attached hydrogen (secondary N) is 1. The van der Waals surface area contributed by atoms with Crippen LogP contribution in [0.2, 0.25) is 0 Å².